The predicted octanol–water partition coefficient (Wildman–Crippen LogP) is 0.588. The molecule has 0 aliphatic rings. The number of aliphatic hydroxyl groups is 2. The maximum absolute atomic E-state index is 9.35. The summed E-state index contributed by atoms with van der Waals surface area (Å²) in [6, 6.07) is 3.32. The first-order valence-corrected chi connectivity index (χ1v) is 3.51. The van der Waals surface area contributed by atoms with E-state index in [1.54, 1.807) is 12.1 Å². The zero-order valence-corrected chi connectivity index (χ0v) is 6.34. The summed E-state index contributed by atoms with van der Waals surface area (Å²) in [6.07, 6.45) is 0.561. The van der Waals surface area contributed by atoms with Gasteiger partial charge in [-0.05, 0) is 6.07 Å². The molecule has 0 fully saturated rings. The van der Waals surface area contributed by atoms with E-state index in [1.165, 1.54) is 12.5 Å². The molecule has 1 aromatic rings. The van der Waals surface area contributed by atoms with Crippen molar-refractivity contribution in [3.8, 4) is 6.07 Å². The number of rotatable bonds is 3. The Balaban J connectivity index is 2.60. The number of hydrogen-bond donors (Lipinski definition) is 2. The molecule has 0 aliphatic heterocycles. The molecule has 64 valence electrons. The lowest BCUT2D eigenvalue weighted by atomic mass is 10.1. The Morgan fingerprint density at radius 2 is 2.33 bits per heavy atom. The van der Waals surface area contributed by atoms with Gasteiger partial charge in [-0.3, -0.25) is 0 Å². The van der Waals surface area contributed by atoms with Crippen LogP contribution in [-0.4, -0.2) is 16.3 Å². The maximum atomic E-state index is 9.35. The summed E-state index contributed by atoms with van der Waals surface area (Å²) in [7, 11) is 0. The van der Waals surface area contributed by atoms with E-state index < -0.39 is 12.2 Å². The molecule has 0 saturated heterocycles. The third-order valence-corrected chi connectivity index (χ3v) is 1.55. The summed E-state index contributed by atoms with van der Waals surface area (Å²) in [5, 5.41) is 26.8. The van der Waals surface area contributed by atoms with Crippen LogP contribution in [0.15, 0.2) is 23.0 Å². The molecule has 2 unspecified atom stereocenters. The van der Waals surface area contributed by atoms with Crippen LogP contribution in [0.5, 0.6) is 0 Å². The minimum atomic E-state index is -1.05. The molecule has 0 spiro atoms. The van der Waals surface area contributed by atoms with Crippen LogP contribution in [0, 0.1) is 11.3 Å². The largest absolute Gasteiger partial charge is 0.472 e. The minimum absolute atomic E-state index is 0.0909. The highest BCUT2D eigenvalue weighted by Crippen LogP contribution is 2.18. The number of furan rings is 1. The van der Waals surface area contributed by atoms with Gasteiger partial charge in [0.05, 0.1) is 31.1 Å². The van der Waals surface area contributed by atoms with Crippen LogP contribution in [0.25, 0.3) is 0 Å². The summed E-state index contributed by atoms with van der Waals surface area (Å²) in [5.74, 6) is 0. The molecule has 2 atom stereocenters. The van der Waals surface area contributed by atoms with E-state index in [1.807, 2.05) is 0 Å². The highest BCUT2D eigenvalue weighted by Gasteiger charge is 2.18. The average Bonchev–Trinajstić information content (AvgIpc) is 2.55. The Kier molecular flexibility index (Phi) is 2.86. The van der Waals surface area contributed by atoms with Crippen molar-refractivity contribution in [3.05, 3.63) is 24.2 Å². The summed E-state index contributed by atoms with van der Waals surface area (Å²) < 4.78 is 4.71. The van der Waals surface area contributed by atoms with Gasteiger partial charge in [0.25, 0.3) is 0 Å². The zero-order valence-electron chi connectivity index (χ0n) is 6.34. The van der Waals surface area contributed by atoms with Gasteiger partial charge in [0.2, 0.25) is 0 Å². The Bertz CT molecular complexity index is 262. The van der Waals surface area contributed by atoms with Crippen molar-refractivity contribution in [3.63, 3.8) is 0 Å². The highest BCUT2D eigenvalue weighted by molar-refractivity contribution is 5.11. The molecular weight excluding hydrogens is 158 g/mol. The Morgan fingerprint density at radius 3 is 2.83 bits per heavy atom. The van der Waals surface area contributed by atoms with Crippen LogP contribution in [0.2, 0.25) is 0 Å². The molecule has 1 aromatic heterocycles. The van der Waals surface area contributed by atoms with Crippen molar-refractivity contribution in [2.75, 3.05) is 0 Å². The quantitative estimate of drug-likeness (QED) is 0.690. The fourth-order valence-electron chi connectivity index (χ4n) is 0.871. The molecule has 1 rings (SSSR count). The smallest absolute Gasteiger partial charge is 0.109 e. The first kappa shape index (κ1) is 8.78. The van der Waals surface area contributed by atoms with Crippen molar-refractivity contribution in [1.82, 2.24) is 0 Å². The van der Waals surface area contributed by atoms with E-state index in [0.717, 1.165) is 0 Å². The van der Waals surface area contributed by atoms with Gasteiger partial charge in [-0.2, -0.15) is 5.26 Å². The van der Waals surface area contributed by atoms with E-state index in [0.29, 0.717) is 5.56 Å². The second-order valence-corrected chi connectivity index (χ2v) is 2.43. The maximum Gasteiger partial charge on any atom is 0.109 e. The van der Waals surface area contributed by atoms with Gasteiger partial charge in [-0.15, -0.1) is 0 Å². The molecule has 0 amide bonds. The van der Waals surface area contributed by atoms with Crippen molar-refractivity contribution < 1.29 is 14.6 Å². The summed E-state index contributed by atoms with van der Waals surface area (Å²) in [5.41, 5.74) is 0.484. The van der Waals surface area contributed by atoms with Crippen LogP contribution in [0.1, 0.15) is 18.1 Å². The lowest BCUT2D eigenvalue weighted by Crippen LogP contribution is -2.16. The highest BCUT2D eigenvalue weighted by atomic mass is 16.3. The summed E-state index contributed by atoms with van der Waals surface area (Å²) in [6.45, 7) is 0. The fraction of sp³-hybridized carbons (Fsp3) is 0.375. The molecule has 1 heterocycles. The summed E-state index contributed by atoms with van der Waals surface area (Å²) >= 11 is 0. The van der Waals surface area contributed by atoms with E-state index in [-0.39, 0.29) is 6.42 Å². The van der Waals surface area contributed by atoms with Gasteiger partial charge in [0, 0.05) is 5.56 Å². The van der Waals surface area contributed by atoms with Gasteiger partial charge < -0.3 is 14.6 Å². The van der Waals surface area contributed by atoms with Crippen LogP contribution in [0.3, 0.4) is 0 Å². The number of hydrogen-bond acceptors (Lipinski definition) is 4. The van der Waals surface area contributed by atoms with E-state index in [4.69, 9.17) is 9.68 Å². The topological polar surface area (TPSA) is 77.4 Å². The van der Waals surface area contributed by atoms with Crippen LogP contribution >= 0.6 is 0 Å². The molecule has 0 bridgehead atoms. The first-order valence-electron chi connectivity index (χ1n) is 3.51. The van der Waals surface area contributed by atoms with Gasteiger partial charge in [0.1, 0.15) is 6.10 Å². The zero-order chi connectivity index (χ0) is 8.97. The predicted molar refractivity (Wildman–Crippen MR) is 39.9 cm³/mol. The third-order valence-electron chi connectivity index (χ3n) is 1.55. The number of aliphatic hydroxyl groups excluding tert-OH is 2. The second kappa shape index (κ2) is 3.90. The van der Waals surface area contributed by atoms with Gasteiger partial charge >= 0.3 is 0 Å². The fourth-order valence-corrected chi connectivity index (χ4v) is 0.871. The minimum Gasteiger partial charge on any atom is -0.472 e. The molecule has 4 heteroatoms. The van der Waals surface area contributed by atoms with E-state index in [2.05, 4.69) is 0 Å². The van der Waals surface area contributed by atoms with E-state index >= 15 is 0 Å². The van der Waals surface area contributed by atoms with Crippen molar-refractivity contribution in [1.29, 1.82) is 5.26 Å². The van der Waals surface area contributed by atoms with Crippen LogP contribution < -0.4 is 0 Å². The SMILES string of the molecule is N#CCC(O)C(O)c1ccoc1. The molecule has 2 N–H and O–H groups in total. The first-order chi connectivity index (χ1) is 5.75. The Labute approximate surface area is 69.7 Å². The van der Waals surface area contributed by atoms with Gasteiger partial charge in [-0.1, -0.05) is 0 Å². The number of nitrogens with zero attached hydrogens (tertiary/aromatic N) is 1. The molecule has 0 radical (unpaired) electrons. The standard InChI is InChI=1S/C8H9NO3/c9-3-1-7(10)8(11)6-2-4-12-5-6/h2,4-5,7-8,10-11H,1H2. The van der Waals surface area contributed by atoms with Crippen LogP contribution in [-0.2, 0) is 0 Å². The third kappa shape index (κ3) is 1.84. The lowest BCUT2D eigenvalue weighted by molar-refractivity contribution is 0.0213. The molecule has 0 aliphatic carbocycles. The second-order valence-electron chi connectivity index (χ2n) is 2.43. The molecule has 4 nitrogen and oxygen atoms in total. The van der Waals surface area contributed by atoms with Gasteiger partial charge in [-0.25, -0.2) is 0 Å². The summed E-state index contributed by atoms with van der Waals surface area (Å²) in [4.78, 5) is 0. The van der Waals surface area contributed by atoms with Crippen LogP contribution in [0.4, 0.5) is 0 Å². The van der Waals surface area contributed by atoms with Gasteiger partial charge in [0.15, 0.2) is 0 Å². The van der Waals surface area contributed by atoms with Crippen molar-refractivity contribution in [2.24, 2.45) is 0 Å². The molecule has 0 saturated carbocycles. The number of nitriles is 1. The van der Waals surface area contributed by atoms with Crippen molar-refractivity contribution in [2.45, 2.75) is 18.6 Å². The Morgan fingerprint density at radius 1 is 1.58 bits per heavy atom. The molecule has 12 heavy (non-hydrogen) atoms. The monoisotopic (exact) mass is 167 g/mol. The molecular formula is C8H9NO3. The van der Waals surface area contributed by atoms with E-state index in [9.17, 15) is 10.2 Å². The Hall–Kier alpha value is -1.31. The average molecular weight is 167 g/mol. The molecule has 0 aromatic carbocycles. The lowest BCUT2D eigenvalue weighted by Gasteiger charge is -2.12. The normalized spacial score (nSPS) is 15.1. The van der Waals surface area contributed by atoms with Crippen molar-refractivity contribution >= 4 is 0 Å².